The first-order valence-corrected chi connectivity index (χ1v) is 13.2. The first-order valence-electron chi connectivity index (χ1n) is 10.1. The van der Waals surface area contributed by atoms with Crippen LogP contribution in [0.2, 0.25) is 10.0 Å². The molecule has 13 heteroatoms. The molecule has 0 N–H and O–H groups in total. The molecule has 0 saturated heterocycles. The van der Waals surface area contributed by atoms with Crippen molar-refractivity contribution >= 4 is 61.5 Å². The summed E-state index contributed by atoms with van der Waals surface area (Å²) in [6, 6.07) is 6.66. The highest BCUT2D eigenvalue weighted by Crippen LogP contribution is 2.40. The van der Waals surface area contributed by atoms with Gasteiger partial charge in [-0.3, -0.25) is 9.00 Å². The lowest BCUT2D eigenvalue weighted by Crippen LogP contribution is -2.23. The van der Waals surface area contributed by atoms with E-state index in [0.717, 1.165) is 24.3 Å². The minimum absolute atomic E-state index is 0.0379. The number of carbonyl (C=O) groups excluding carboxylic acids is 1. The maximum atomic E-state index is 14.9. The highest BCUT2D eigenvalue weighted by atomic mass is 79.9. The highest BCUT2D eigenvalue weighted by molar-refractivity contribution is 9.10. The van der Waals surface area contributed by atoms with Gasteiger partial charge in [-0.15, -0.1) is 0 Å². The van der Waals surface area contributed by atoms with Crippen LogP contribution in [0.5, 0.6) is 0 Å². The molecule has 2 aromatic carbocycles. The molecule has 0 heterocycles. The number of alkyl halides is 6. The second-order valence-corrected chi connectivity index (χ2v) is 11.2. The third-order valence-electron chi connectivity index (χ3n) is 4.84. The summed E-state index contributed by atoms with van der Waals surface area (Å²) in [4.78, 5) is 12.5. The molecule has 0 aliphatic carbocycles. The first-order chi connectivity index (χ1) is 16.5. The molecule has 0 bridgehead atoms. The molecule has 2 aromatic rings. The van der Waals surface area contributed by atoms with Crippen molar-refractivity contribution in [2.45, 2.75) is 31.6 Å². The monoisotopic (exact) mass is 640 g/mol. The van der Waals surface area contributed by atoms with Crippen molar-refractivity contribution in [3.63, 3.8) is 0 Å². The van der Waals surface area contributed by atoms with Crippen LogP contribution >= 0.6 is 39.1 Å². The molecule has 0 fully saturated rings. The van der Waals surface area contributed by atoms with E-state index in [0.29, 0.717) is 6.08 Å². The lowest BCUT2D eigenvalue weighted by Gasteiger charge is -2.18. The minimum Gasteiger partial charge on any atom is -0.294 e. The van der Waals surface area contributed by atoms with Crippen molar-refractivity contribution < 1.29 is 39.7 Å². The van der Waals surface area contributed by atoms with E-state index in [9.17, 15) is 39.7 Å². The molecule has 36 heavy (non-hydrogen) atoms. The van der Waals surface area contributed by atoms with Crippen LogP contribution in [-0.4, -0.2) is 33.9 Å². The predicted octanol–water partition coefficient (Wildman–Crippen LogP) is 8.93. The molecule has 0 amide bonds. The zero-order valence-electron chi connectivity index (χ0n) is 18.3. The number of hydrogen-bond donors (Lipinski definition) is 0. The normalized spacial score (nSPS) is 15.5. The molecule has 198 valence electrons. The summed E-state index contributed by atoms with van der Waals surface area (Å²) < 4.78 is 104. The molecule has 3 atom stereocenters. The Bertz CT molecular complexity index is 1170. The number of halogens is 10. The maximum Gasteiger partial charge on any atom is 0.400 e. The van der Waals surface area contributed by atoms with Crippen LogP contribution < -0.4 is 0 Å². The van der Waals surface area contributed by atoms with Gasteiger partial charge in [0.25, 0.3) is 0 Å². The Morgan fingerprint density at radius 1 is 1.06 bits per heavy atom. The van der Waals surface area contributed by atoms with E-state index >= 15 is 0 Å². The largest absolute Gasteiger partial charge is 0.400 e. The van der Waals surface area contributed by atoms with Crippen molar-refractivity contribution in [3.05, 3.63) is 73.7 Å². The maximum absolute atomic E-state index is 14.9. The number of benzene rings is 2. The molecule has 0 aliphatic heterocycles. The molecule has 2 nitrogen and oxygen atoms in total. The van der Waals surface area contributed by atoms with Crippen molar-refractivity contribution in [2.75, 3.05) is 11.5 Å². The topological polar surface area (TPSA) is 34.1 Å². The third kappa shape index (κ3) is 9.15. The Labute approximate surface area is 223 Å². The van der Waals surface area contributed by atoms with Crippen LogP contribution in [0.15, 0.2) is 46.9 Å². The number of rotatable bonds is 9. The van der Waals surface area contributed by atoms with Crippen molar-refractivity contribution in [1.82, 2.24) is 0 Å². The highest BCUT2D eigenvalue weighted by Gasteiger charge is 2.40. The molecule has 0 aromatic heterocycles. The summed E-state index contributed by atoms with van der Waals surface area (Å²) in [5.74, 6) is -6.51. The molecule has 2 rings (SSSR count). The van der Waals surface area contributed by atoms with Crippen molar-refractivity contribution in [2.24, 2.45) is 5.92 Å². The van der Waals surface area contributed by atoms with Gasteiger partial charge in [-0.1, -0.05) is 58.2 Å². The number of ketones is 1. The molecule has 0 aliphatic rings. The Kier molecular flexibility index (Phi) is 10.6. The van der Waals surface area contributed by atoms with Crippen LogP contribution in [0.25, 0.3) is 5.83 Å². The van der Waals surface area contributed by atoms with Crippen LogP contribution in [-0.2, 0) is 10.8 Å². The van der Waals surface area contributed by atoms with E-state index in [1.807, 2.05) is 0 Å². The Morgan fingerprint density at radius 2 is 1.69 bits per heavy atom. The average Bonchev–Trinajstić information content (AvgIpc) is 2.71. The van der Waals surface area contributed by atoms with Gasteiger partial charge in [-0.05, 0) is 41.8 Å². The van der Waals surface area contributed by atoms with Gasteiger partial charge in [0, 0.05) is 38.6 Å². The van der Waals surface area contributed by atoms with Crippen LogP contribution in [0.1, 0.15) is 40.7 Å². The van der Waals surface area contributed by atoms with E-state index in [-0.39, 0.29) is 43.4 Å². The van der Waals surface area contributed by atoms with Crippen LogP contribution in [0.4, 0.5) is 30.7 Å². The lowest BCUT2D eigenvalue weighted by atomic mass is 9.96. The number of Topliss-reactive ketones (excluding diaryl/α,β-unsaturated/α-hetero) is 1. The second-order valence-electron chi connectivity index (χ2n) is 8.00. The van der Waals surface area contributed by atoms with Gasteiger partial charge in [0.2, 0.25) is 0 Å². The first kappa shape index (κ1) is 30.8. The zero-order chi connectivity index (χ0) is 27.4. The molecule has 0 saturated carbocycles. The summed E-state index contributed by atoms with van der Waals surface area (Å²) in [6.45, 7) is 1.47. The van der Waals surface area contributed by atoms with Crippen LogP contribution in [0, 0.1) is 5.92 Å². The van der Waals surface area contributed by atoms with Gasteiger partial charge in [0.05, 0.1) is 10.0 Å². The number of carbonyl (C=O) groups is 1. The van der Waals surface area contributed by atoms with E-state index in [4.69, 9.17) is 23.2 Å². The Balaban J connectivity index is 2.22. The zero-order valence-corrected chi connectivity index (χ0v) is 22.2. The standard InChI is InChI=1S/C23H18BrCl2F7O2S/c1-12(10-36(35)11-22(28,29)30)6-21(34)15-4-2-14(7-17(15)24)20(27)9-16(23(31,32)33)13-3-5-18(25)19(26)8-13/h2-5,7-9,12,16H,6,10-11H2,1H3/b20-9-/t12-,16?,36?/m0/s1. The molecule has 0 radical (unpaired) electrons. The van der Waals surface area contributed by atoms with Gasteiger partial charge in [-0.25, -0.2) is 4.39 Å². The summed E-state index contributed by atoms with van der Waals surface area (Å²) >= 11 is 14.6. The fourth-order valence-electron chi connectivity index (χ4n) is 3.26. The van der Waals surface area contributed by atoms with Gasteiger partial charge < -0.3 is 0 Å². The van der Waals surface area contributed by atoms with Gasteiger partial charge in [-0.2, -0.15) is 26.3 Å². The lowest BCUT2D eigenvalue weighted by molar-refractivity contribution is -0.139. The quantitative estimate of drug-likeness (QED) is 0.202. The van der Waals surface area contributed by atoms with Crippen LogP contribution in [0.3, 0.4) is 0 Å². The molecule has 0 spiro atoms. The average molecular weight is 642 g/mol. The molecular weight excluding hydrogens is 624 g/mol. The summed E-state index contributed by atoms with van der Waals surface area (Å²) in [6.07, 6.45) is -9.28. The Morgan fingerprint density at radius 3 is 2.22 bits per heavy atom. The van der Waals surface area contributed by atoms with E-state index in [1.54, 1.807) is 0 Å². The summed E-state index contributed by atoms with van der Waals surface area (Å²) in [5.41, 5.74) is -0.515. The molecular formula is C23H18BrCl2F7O2S. The van der Waals surface area contributed by atoms with Gasteiger partial charge in [0.1, 0.15) is 17.5 Å². The number of hydrogen-bond acceptors (Lipinski definition) is 2. The number of allylic oxidation sites excluding steroid dienone is 1. The fourth-order valence-corrected chi connectivity index (χ4v) is 5.40. The van der Waals surface area contributed by atoms with E-state index < -0.39 is 52.4 Å². The predicted molar refractivity (Wildman–Crippen MR) is 131 cm³/mol. The van der Waals surface area contributed by atoms with Gasteiger partial charge in [0.15, 0.2) is 5.78 Å². The summed E-state index contributed by atoms with van der Waals surface area (Å²) in [7, 11) is -2.19. The van der Waals surface area contributed by atoms with E-state index in [2.05, 4.69) is 15.9 Å². The van der Waals surface area contributed by atoms with E-state index in [1.165, 1.54) is 19.1 Å². The smallest absolute Gasteiger partial charge is 0.294 e. The van der Waals surface area contributed by atoms with Gasteiger partial charge >= 0.3 is 12.4 Å². The second kappa shape index (κ2) is 12.4. The third-order valence-corrected chi connectivity index (χ3v) is 7.83. The molecule has 2 unspecified atom stereocenters. The SMILES string of the molecule is C[C@@H](CC(=O)c1ccc(/C(F)=C/C(c2ccc(Cl)c(Cl)c2)C(F)(F)F)cc1Br)CS(=O)CC(F)(F)F. The minimum atomic E-state index is -4.84. The summed E-state index contributed by atoms with van der Waals surface area (Å²) in [5, 5.41) is -0.0878. The van der Waals surface area contributed by atoms with Crippen molar-refractivity contribution in [1.29, 1.82) is 0 Å². The Hall–Kier alpha value is -1.43. The fraction of sp³-hybridized carbons (Fsp3) is 0.348. The van der Waals surface area contributed by atoms with Crippen molar-refractivity contribution in [3.8, 4) is 0 Å².